The first kappa shape index (κ1) is 15.2. The van der Waals surface area contributed by atoms with Crippen molar-refractivity contribution in [3.8, 4) is 11.5 Å². The zero-order chi connectivity index (χ0) is 14.4. The molecule has 112 valence electrons. The van der Waals surface area contributed by atoms with Crippen LogP contribution >= 0.6 is 0 Å². The van der Waals surface area contributed by atoms with Gasteiger partial charge in [-0.3, -0.25) is 0 Å². The summed E-state index contributed by atoms with van der Waals surface area (Å²) in [5.41, 5.74) is 1.32. The molecule has 0 spiro atoms. The van der Waals surface area contributed by atoms with Gasteiger partial charge >= 0.3 is 0 Å². The van der Waals surface area contributed by atoms with Gasteiger partial charge in [0.2, 0.25) is 0 Å². The summed E-state index contributed by atoms with van der Waals surface area (Å²) in [7, 11) is 3.37. The molecule has 1 aromatic carbocycles. The molecule has 1 saturated carbocycles. The maximum atomic E-state index is 5.35. The SMILES string of the molecule is COc1ccc(CC[NH2+][C@@H]2CCC[C@H](C)C2)cc1OC. The summed E-state index contributed by atoms with van der Waals surface area (Å²) in [6.07, 6.45) is 6.67. The number of methoxy groups -OCH3 is 2. The van der Waals surface area contributed by atoms with Crippen molar-refractivity contribution in [3.63, 3.8) is 0 Å². The predicted octanol–water partition coefficient (Wildman–Crippen LogP) is 2.39. The molecule has 0 aliphatic heterocycles. The first-order valence-corrected chi connectivity index (χ1v) is 7.77. The molecular weight excluding hydrogens is 250 g/mol. The minimum Gasteiger partial charge on any atom is -0.493 e. The predicted molar refractivity (Wildman–Crippen MR) is 81.5 cm³/mol. The Balaban J connectivity index is 1.81. The molecular formula is C17H28NO2+. The summed E-state index contributed by atoms with van der Waals surface area (Å²) in [5.74, 6) is 2.55. The first-order chi connectivity index (χ1) is 9.72. The van der Waals surface area contributed by atoms with Crippen molar-refractivity contribution in [2.45, 2.75) is 45.1 Å². The van der Waals surface area contributed by atoms with Crippen molar-refractivity contribution in [1.82, 2.24) is 0 Å². The molecule has 0 radical (unpaired) electrons. The maximum absolute atomic E-state index is 5.35. The van der Waals surface area contributed by atoms with E-state index in [4.69, 9.17) is 9.47 Å². The van der Waals surface area contributed by atoms with Gasteiger partial charge < -0.3 is 14.8 Å². The van der Waals surface area contributed by atoms with E-state index in [0.29, 0.717) is 0 Å². The van der Waals surface area contributed by atoms with E-state index in [1.54, 1.807) is 14.2 Å². The molecule has 3 nitrogen and oxygen atoms in total. The third-order valence-electron chi connectivity index (χ3n) is 4.36. The van der Waals surface area contributed by atoms with Gasteiger partial charge in [-0.2, -0.15) is 0 Å². The van der Waals surface area contributed by atoms with Crippen molar-refractivity contribution in [3.05, 3.63) is 23.8 Å². The largest absolute Gasteiger partial charge is 0.493 e. The Morgan fingerprint density at radius 2 is 1.95 bits per heavy atom. The van der Waals surface area contributed by atoms with Gasteiger partial charge in [-0.25, -0.2) is 0 Å². The third kappa shape index (κ3) is 4.14. The molecule has 0 aromatic heterocycles. The van der Waals surface area contributed by atoms with Gasteiger partial charge in [0.25, 0.3) is 0 Å². The molecule has 1 fully saturated rings. The fourth-order valence-electron chi connectivity index (χ4n) is 3.22. The smallest absolute Gasteiger partial charge is 0.160 e. The summed E-state index contributed by atoms with van der Waals surface area (Å²) in [5, 5.41) is 2.53. The molecule has 2 rings (SSSR count). The zero-order valence-electron chi connectivity index (χ0n) is 13.0. The third-order valence-corrected chi connectivity index (χ3v) is 4.36. The normalized spacial score (nSPS) is 22.6. The molecule has 2 atom stereocenters. The molecule has 1 aromatic rings. The lowest BCUT2D eigenvalue weighted by atomic mass is 9.87. The molecule has 0 unspecified atom stereocenters. The molecule has 3 heteroatoms. The van der Waals surface area contributed by atoms with Crippen LogP contribution < -0.4 is 14.8 Å². The van der Waals surface area contributed by atoms with E-state index in [1.807, 2.05) is 6.07 Å². The average Bonchev–Trinajstić information content (AvgIpc) is 2.47. The second-order valence-corrected chi connectivity index (χ2v) is 6.00. The molecule has 2 N–H and O–H groups in total. The monoisotopic (exact) mass is 278 g/mol. The van der Waals surface area contributed by atoms with E-state index in [1.165, 1.54) is 31.2 Å². The molecule has 1 aliphatic rings. The minimum absolute atomic E-state index is 0.807. The highest BCUT2D eigenvalue weighted by atomic mass is 16.5. The van der Waals surface area contributed by atoms with Gasteiger partial charge in [-0.15, -0.1) is 0 Å². The van der Waals surface area contributed by atoms with E-state index < -0.39 is 0 Å². The highest BCUT2D eigenvalue weighted by Crippen LogP contribution is 2.27. The summed E-state index contributed by atoms with van der Waals surface area (Å²) in [4.78, 5) is 0. The van der Waals surface area contributed by atoms with E-state index in [-0.39, 0.29) is 0 Å². The van der Waals surface area contributed by atoms with Crippen molar-refractivity contribution >= 4 is 0 Å². The van der Waals surface area contributed by atoms with E-state index in [2.05, 4.69) is 24.4 Å². The van der Waals surface area contributed by atoms with Crippen molar-refractivity contribution < 1.29 is 14.8 Å². The topological polar surface area (TPSA) is 35.1 Å². The van der Waals surface area contributed by atoms with Crippen molar-refractivity contribution in [2.24, 2.45) is 5.92 Å². The van der Waals surface area contributed by atoms with Crippen LogP contribution in [0.4, 0.5) is 0 Å². The Bertz CT molecular complexity index is 419. The Labute approximate surface area is 122 Å². The zero-order valence-corrected chi connectivity index (χ0v) is 13.0. The van der Waals surface area contributed by atoms with Crippen LogP contribution in [0.25, 0.3) is 0 Å². The van der Waals surface area contributed by atoms with Gasteiger partial charge in [0.05, 0.1) is 26.8 Å². The second kappa shape index (κ2) is 7.53. The fourth-order valence-corrected chi connectivity index (χ4v) is 3.22. The number of ether oxygens (including phenoxy) is 2. The van der Waals surface area contributed by atoms with Crippen LogP contribution in [0.5, 0.6) is 11.5 Å². The molecule has 1 aliphatic carbocycles. The summed E-state index contributed by atoms with van der Waals surface area (Å²) in [6.45, 7) is 3.54. The van der Waals surface area contributed by atoms with Crippen LogP contribution in [0.15, 0.2) is 18.2 Å². The van der Waals surface area contributed by atoms with Crippen LogP contribution in [0, 0.1) is 5.92 Å². The summed E-state index contributed by atoms with van der Waals surface area (Å²) >= 11 is 0. The summed E-state index contributed by atoms with van der Waals surface area (Å²) < 4.78 is 10.6. The molecule has 0 heterocycles. The molecule has 20 heavy (non-hydrogen) atoms. The molecule has 0 saturated heterocycles. The van der Waals surface area contributed by atoms with Gasteiger partial charge in [0.15, 0.2) is 11.5 Å². The standard InChI is InChI=1S/C17H27NO2/c1-13-5-4-6-15(11-13)18-10-9-14-7-8-16(19-2)17(12-14)20-3/h7-8,12-13,15,18H,4-6,9-11H2,1-3H3/p+1/t13-,15+/m0/s1. The molecule has 0 bridgehead atoms. The van der Waals surface area contributed by atoms with Gasteiger partial charge in [0, 0.05) is 12.8 Å². The van der Waals surface area contributed by atoms with E-state index >= 15 is 0 Å². The lowest BCUT2D eigenvalue weighted by Gasteiger charge is -2.24. The first-order valence-electron chi connectivity index (χ1n) is 7.77. The van der Waals surface area contributed by atoms with E-state index in [0.717, 1.165) is 36.4 Å². The highest BCUT2D eigenvalue weighted by molar-refractivity contribution is 5.42. The quantitative estimate of drug-likeness (QED) is 0.867. The Kier molecular flexibility index (Phi) is 5.72. The van der Waals surface area contributed by atoms with Crippen LogP contribution in [0.1, 0.15) is 38.2 Å². The maximum Gasteiger partial charge on any atom is 0.160 e. The number of benzene rings is 1. The van der Waals surface area contributed by atoms with Crippen LogP contribution in [-0.4, -0.2) is 26.8 Å². The van der Waals surface area contributed by atoms with Crippen LogP contribution in [-0.2, 0) is 6.42 Å². The molecule has 0 amide bonds. The number of nitrogens with two attached hydrogens (primary N) is 1. The Hall–Kier alpha value is -1.22. The fraction of sp³-hybridized carbons (Fsp3) is 0.647. The Morgan fingerprint density at radius 3 is 2.65 bits per heavy atom. The number of hydrogen-bond acceptors (Lipinski definition) is 2. The van der Waals surface area contributed by atoms with Gasteiger partial charge in [0.1, 0.15) is 0 Å². The van der Waals surface area contributed by atoms with Crippen molar-refractivity contribution in [2.75, 3.05) is 20.8 Å². The van der Waals surface area contributed by atoms with Crippen LogP contribution in [0.3, 0.4) is 0 Å². The van der Waals surface area contributed by atoms with Crippen molar-refractivity contribution in [1.29, 1.82) is 0 Å². The Morgan fingerprint density at radius 1 is 1.15 bits per heavy atom. The van der Waals surface area contributed by atoms with Gasteiger partial charge in [-0.1, -0.05) is 19.4 Å². The van der Waals surface area contributed by atoms with Crippen LogP contribution in [0.2, 0.25) is 0 Å². The minimum atomic E-state index is 0.807. The van der Waals surface area contributed by atoms with E-state index in [9.17, 15) is 0 Å². The lowest BCUT2D eigenvalue weighted by molar-refractivity contribution is -0.692. The average molecular weight is 278 g/mol. The van der Waals surface area contributed by atoms with Gasteiger partial charge in [-0.05, 0) is 36.5 Å². The summed E-state index contributed by atoms with van der Waals surface area (Å²) in [6, 6.07) is 7.06. The number of rotatable bonds is 6. The second-order valence-electron chi connectivity index (χ2n) is 6.00. The highest BCUT2D eigenvalue weighted by Gasteiger charge is 2.20. The number of hydrogen-bond donors (Lipinski definition) is 1. The lowest BCUT2D eigenvalue weighted by Crippen LogP contribution is -2.90. The number of quaternary nitrogens is 1.